The zero-order valence-corrected chi connectivity index (χ0v) is 76.0. The number of carbonyl (C=O) groups excluding carboxylic acids is 9. The number of carbonyl (C=O) groups is 9. The lowest BCUT2D eigenvalue weighted by atomic mass is 9.45. The Morgan fingerprint density at radius 1 is 0.402 bits per heavy atom. The lowest BCUT2D eigenvalue weighted by Gasteiger charge is -2.60. The Labute approximate surface area is 715 Å². The Balaban J connectivity index is 0.000000131. The van der Waals surface area contributed by atoms with Crippen molar-refractivity contribution in [3.63, 3.8) is 0 Å². The van der Waals surface area contributed by atoms with Crippen molar-refractivity contribution in [2.24, 2.45) is 138 Å². The van der Waals surface area contributed by atoms with Gasteiger partial charge in [-0.05, 0) is 229 Å². The average Bonchev–Trinajstić information content (AvgIpc) is 1.45. The predicted molar refractivity (Wildman–Crippen MR) is 456 cm³/mol. The van der Waals surface area contributed by atoms with Gasteiger partial charge in [-0.2, -0.15) is 0 Å². The molecule has 16 aliphatic rings. The number of aliphatic hydroxyl groups excluding tert-OH is 4. The highest BCUT2D eigenvalue weighted by atomic mass is 127. The first-order valence-electron chi connectivity index (χ1n) is 41.1. The number of rotatable bonds is 8. The molecule has 0 unspecified atom stereocenters. The van der Waals surface area contributed by atoms with E-state index in [1.165, 1.54) is 13.8 Å². The third-order valence-electron chi connectivity index (χ3n) is 34.5. The zero-order chi connectivity index (χ0) is 82.4. The Hall–Kier alpha value is -2.65. The van der Waals surface area contributed by atoms with E-state index in [0.717, 1.165) is 67.2 Å². The summed E-state index contributed by atoms with van der Waals surface area (Å²) >= 11 is 8.31. The van der Waals surface area contributed by atoms with Crippen molar-refractivity contribution in [3.8, 4) is 0 Å². The Morgan fingerprint density at radius 3 is 0.875 bits per heavy atom. The number of hydrogen-bond acceptors (Lipinski definition) is 18. The maximum Gasteiger partial charge on any atom is 0.303 e. The third-order valence-corrected chi connectivity index (χ3v) is 36.8. The number of hydrogen-bond donors (Lipinski definition) is 8. The second kappa shape index (κ2) is 29.9. The van der Waals surface area contributed by atoms with Gasteiger partial charge in [0.25, 0.3) is 0 Å². The van der Waals surface area contributed by atoms with Crippen molar-refractivity contribution in [1.82, 2.24) is 0 Å². The second-order valence-corrected chi connectivity index (χ2v) is 49.4. The molecule has 0 aromatic heterocycles. The summed E-state index contributed by atoms with van der Waals surface area (Å²) in [5.41, 5.74) is -5.17. The number of alkyl halides is 4. The van der Waals surface area contributed by atoms with Gasteiger partial charge in [0.2, 0.25) is 5.78 Å². The highest BCUT2D eigenvalue weighted by Crippen LogP contribution is 2.73. The molecule has 22 heteroatoms. The van der Waals surface area contributed by atoms with Crippen LogP contribution in [-0.4, -0.2) is 150 Å². The molecule has 18 nitrogen and oxygen atoms in total. The number of esters is 1. The van der Waals surface area contributed by atoms with E-state index in [1.807, 2.05) is 52.0 Å². The molecule has 12 fully saturated rings. The summed E-state index contributed by atoms with van der Waals surface area (Å²) in [6.45, 7) is 27.4. The minimum atomic E-state index is -1.61. The van der Waals surface area contributed by atoms with Gasteiger partial charge in [-0.1, -0.05) is 220 Å². The molecule has 8 N–H and O–H groups in total. The van der Waals surface area contributed by atoms with Gasteiger partial charge >= 0.3 is 5.97 Å². The highest BCUT2D eigenvalue weighted by Gasteiger charge is 2.74. The summed E-state index contributed by atoms with van der Waals surface area (Å²) in [4.78, 5) is 110. The molecular weight excluding hydrogens is 1880 g/mol. The molecule has 32 atom stereocenters. The molecule has 0 radical (unpaired) electrons. The van der Waals surface area contributed by atoms with Crippen LogP contribution in [0.3, 0.4) is 0 Å². The van der Waals surface area contributed by atoms with Crippen LogP contribution in [0.15, 0.2) is 95.2 Å². The van der Waals surface area contributed by atoms with Crippen LogP contribution in [0, 0.1) is 138 Å². The molecule has 0 saturated heterocycles. The van der Waals surface area contributed by atoms with Gasteiger partial charge in [0, 0.05) is 73.9 Å². The fourth-order valence-corrected chi connectivity index (χ4v) is 31.6. The van der Waals surface area contributed by atoms with Gasteiger partial charge in [0.1, 0.15) is 26.3 Å². The molecule has 0 aromatic carbocycles. The summed E-state index contributed by atoms with van der Waals surface area (Å²) < 4.78 is 4.33. The molecule has 16 aliphatic carbocycles. The number of allylic oxidation sites excluding steroid dienone is 16. The van der Waals surface area contributed by atoms with Crippen molar-refractivity contribution >= 4 is 143 Å². The van der Waals surface area contributed by atoms with E-state index in [-0.39, 0.29) is 155 Å². The van der Waals surface area contributed by atoms with Crippen LogP contribution >= 0.6 is 90.4 Å². The highest BCUT2D eigenvalue weighted by molar-refractivity contribution is 14.2. The lowest BCUT2D eigenvalue weighted by molar-refractivity contribution is -0.182. The monoisotopic (exact) mass is 1990 g/mol. The zero-order valence-electron chi connectivity index (χ0n) is 67.3. The van der Waals surface area contributed by atoms with Gasteiger partial charge in [-0.25, -0.2) is 0 Å². The number of ether oxygens (including phenoxy) is 1. The molecule has 0 aromatic rings. The van der Waals surface area contributed by atoms with E-state index in [2.05, 4.69) is 146 Å². The van der Waals surface area contributed by atoms with E-state index in [9.17, 15) is 84.0 Å². The standard InChI is InChI=1S/C24H32O6.2C22H28I2O4.C22H30O4/c1-13-9-16-17-6-8-24(29,20(28)12-30-14(2)25)23(17,4)11-19(27)21(16)22(3)7-5-15(26)10-18(13)22;2*1-11-8-13-14-5-7-22(28,18(27)19(23)24)21(14,3)10-16(26)17(13)20(2)6-4-12(25)9-15(11)20;1-12-9-15-16-6-8-22(26,13(2)23)21(16,4)11-18(25)19(15)20(3)7-5-14(24)10-17(12)20/h5,7,10,13,16-17,19,21,27,29H,6,8-9,11-12H2,1-4H3;2*4,6,9,11,13-14,16-17,19,26,28H,5,7-8,10H2,1-3H3;5,7,10,12,15-16,18-19,25-26H,6,8-9,11H2,1-4H3/t13-,16-,17-,19-,21+,22-,23-,24-;2*11-,13-,14-,16-,17+,20-,21-,22-;12-,15-,16-,18-,19+,20-,21-,22-/m0000/s1. The first kappa shape index (κ1) is 87.2. The van der Waals surface area contributed by atoms with E-state index < -0.39 is 92.3 Å². The summed E-state index contributed by atoms with van der Waals surface area (Å²) in [6, 6.07) is 0. The quantitative estimate of drug-likeness (QED) is 0.0636. The molecule has 0 amide bonds. The minimum absolute atomic E-state index is 0.00535. The number of fused-ring (bicyclic) bond motifs is 20. The first-order chi connectivity index (χ1) is 51.9. The SMILES string of the molecule is CC(=O)OCC(=O)[C@@]1(O)CC[C@H]2[C@@H]3C[C@H](C)C4=CC(=O)C=C[C@]4(C)[C@H]3[C@@H](O)C[C@@]21C.CC(=O)[C@@]1(O)CC[C@H]2[C@@H]3C[C@H](C)C4=CC(=O)C=C[C@]4(C)[C@H]3[C@@H](O)C[C@@]21C.C[C@H]1C[C@@H]2[C@H]([C@@H](O)C[C@@]3(C)[C@H]2CC[C@]3(O)C(=O)C(I)I)[C@@]2(C)C=CC(=O)C=C12.C[C@H]1C[C@@H]2[C@H]([C@@H](O)C[C@@]3(C)[C@H]2CC[C@]3(O)C(=O)C(I)I)[C@@]2(C)C=CC(=O)C=C12. The molecule has 0 aliphatic heterocycles. The number of Topliss-reactive ketones (excluding diaryl/α,β-unsaturated/α-hetero) is 4. The van der Waals surface area contributed by atoms with Crippen LogP contribution in [0.25, 0.3) is 0 Å². The molecule has 0 bridgehead atoms. The largest absolute Gasteiger partial charge is 0.458 e. The van der Waals surface area contributed by atoms with Crippen LogP contribution < -0.4 is 0 Å². The fourth-order valence-electron chi connectivity index (χ4n) is 29.5. The van der Waals surface area contributed by atoms with Crippen LogP contribution in [0.4, 0.5) is 0 Å². The average molecular weight is 2000 g/mol. The van der Waals surface area contributed by atoms with E-state index >= 15 is 0 Å². The molecule has 112 heavy (non-hydrogen) atoms. The van der Waals surface area contributed by atoms with Crippen LogP contribution in [0.2, 0.25) is 0 Å². The van der Waals surface area contributed by atoms with Crippen molar-refractivity contribution in [1.29, 1.82) is 0 Å². The van der Waals surface area contributed by atoms with E-state index in [0.29, 0.717) is 57.8 Å². The van der Waals surface area contributed by atoms with Gasteiger partial charge in [0.05, 0.1) is 24.4 Å². The normalized spacial score (nSPS) is 49.9. The topological polar surface area (TPSA) is 325 Å². The maximum absolute atomic E-state index is 13.0. The molecule has 0 spiro atoms. The summed E-state index contributed by atoms with van der Waals surface area (Å²) in [5, 5.41) is 91.1. The lowest BCUT2D eigenvalue weighted by Crippen LogP contribution is -2.62. The van der Waals surface area contributed by atoms with Crippen LogP contribution in [0.5, 0.6) is 0 Å². The number of aliphatic hydroxyl groups is 8. The Morgan fingerprint density at radius 2 is 0.634 bits per heavy atom. The summed E-state index contributed by atoms with van der Waals surface area (Å²) in [7, 11) is 0. The first-order valence-corrected chi connectivity index (χ1v) is 46.1. The van der Waals surface area contributed by atoms with Crippen molar-refractivity contribution in [2.45, 2.75) is 250 Å². The van der Waals surface area contributed by atoms with E-state index in [1.54, 1.807) is 48.6 Å². The van der Waals surface area contributed by atoms with Gasteiger partial charge in [-0.3, -0.25) is 43.2 Å². The van der Waals surface area contributed by atoms with Crippen LogP contribution in [0.1, 0.15) is 200 Å². The number of ketones is 8. The smallest absolute Gasteiger partial charge is 0.303 e. The number of halogens is 4. The molecule has 16 rings (SSSR count). The van der Waals surface area contributed by atoms with Crippen LogP contribution in [-0.2, 0) is 47.9 Å². The molecular formula is C90H118I4O18. The summed E-state index contributed by atoms with van der Waals surface area (Å²) in [6.07, 6.45) is 29.0. The predicted octanol–water partition coefficient (Wildman–Crippen LogP) is 13.2. The van der Waals surface area contributed by atoms with Gasteiger partial charge in [-0.15, -0.1) is 0 Å². The second-order valence-electron chi connectivity index (χ2n) is 39.6. The maximum atomic E-state index is 13.0. The minimum Gasteiger partial charge on any atom is -0.458 e. The van der Waals surface area contributed by atoms with Crippen molar-refractivity contribution < 1.29 is 88.7 Å². The third kappa shape index (κ3) is 12.9. The fraction of sp³-hybridized carbons (Fsp3) is 0.722. The van der Waals surface area contributed by atoms with E-state index in [4.69, 9.17) is 4.74 Å². The summed E-state index contributed by atoms with van der Waals surface area (Å²) in [5.74, 6) is 1.14. The molecule has 0 heterocycles. The van der Waals surface area contributed by atoms with Crippen molar-refractivity contribution in [3.05, 3.63) is 95.2 Å². The Bertz CT molecular complexity index is 4090. The molecule has 12 saturated carbocycles. The molecule has 614 valence electrons. The van der Waals surface area contributed by atoms with Crippen molar-refractivity contribution in [2.75, 3.05) is 6.61 Å². The van der Waals surface area contributed by atoms with Gasteiger partial charge < -0.3 is 45.6 Å². The Kier molecular flexibility index (Phi) is 23.3. The van der Waals surface area contributed by atoms with Gasteiger partial charge in [0.15, 0.2) is 47.1 Å².